The lowest BCUT2D eigenvalue weighted by molar-refractivity contribution is -0.129. The van der Waals surface area contributed by atoms with Gasteiger partial charge in [-0.25, -0.2) is 0 Å². The molecule has 2 fully saturated rings. The summed E-state index contributed by atoms with van der Waals surface area (Å²) in [6.07, 6.45) is 6.58. The molecule has 0 aromatic heterocycles. The summed E-state index contributed by atoms with van der Waals surface area (Å²) in [4.78, 5) is 14.5. The summed E-state index contributed by atoms with van der Waals surface area (Å²) >= 11 is 0. The van der Waals surface area contributed by atoms with Gasteiger partial charge < -0.3 is 15.0 Å². The van der Waals surface area contributed by atoms with Gasteiger partial charge in [-0.1, -0.05) is 0 Å². The highest BCUT2D eigenvalue weighted by Crippen LogP contribution is 2.22. The zero-order valence-corrected chi connectivity index (χ0v) is 12.5. The fourth-order valence-corrected chi connectivity index (χ4v) is 3.08. The smallest absolute Gasteiger partial charge is 0.253 e. The van der Waals surface area contributed by atoms with Gasteiger partial charge in [-0.15, -0.1) is 0 Å². The molecule has 2 aliphatic heterocycles. The zero-order chi connectivity index (χ0) is 14.5. The molecule has 1 aromatic rings. The highest BCUT2D eigenvalue weighted by molar-refractivity contribution is 5.94. The Kier molecular flexibility index (Phi) is 4.76. The van der Waals surface area contributed by atoms with Crippen molar-refractivity contribution >= 4 is 17.3 Å². The fraction of sp³-hybridized carbons (Fsp3) is 0.588. The van der Waals surface area contributed by atoms with E-state index in [1.165, 1.54) is 24.9 Å². The Labute approximate surface area is 126 Å². The number of hydrogen-bond donors (Lipinski definition) is 1. The van der Waals surface area contributed by atoms with Crippen molar-refractivity contribution in [2.24, 2.45) is 0 Å². The highest BCUT2D eigenvalue weighted by atomic mass is 16.5. The van der Waals surface area contributed by atoms with Gasteiger partial charge in [-0.3, -0.25) is 4.79 Å². The molecule has 2 saturated heterocycles. The molecule has 2 heterocycles. The van der Waals surface area contributed by atoms with Crippen LogP contribution in [0.5, 0.6) is 0 Å². The van der Waals surface area contributed by atoms with Crippen LogP contribution in [0.1, 0.15) is 38.5 Å². The van der Waals surface area contributed by atoms with Crippen molar-refractivity contribution < 1.29 is 9.53 Å². The van der Waals surface area contributed by atoms with E-state index >= 15 is 0 Å². The maximum atomic E-state index is 12.1. The maximum Gasteiger partial charge on any atom is 0.253 e. The number of piperidine rings is 1. The van der Waals surface area contributed by atoms with E-state index in [1.54, 1.807) is 0 Å². The fourth-order valence-electron chi connectivity index (χ4n) is 3.08. The third kappa shape index (κ3) is 3.76. The summed E-state index contributed by atoms with van der Waals surface area (Å²) in [5, 5.41) is 2.96. The van der Waals surface area contributed by atoms with E-state index in [4.69, 9.17) is 4.74 Å². The minimum atomic E-state index is -0.277. The first-order valence-electron chi connectivity index (χ1n) is 8.10. The Hall–Kier alpha value is -1.55. The van der Waals surface area contributed by atoms with Gasteiger partial charge in [-0.05, 0) is 62.8 Å². The summed E-state index contributed by atoms with van der Waals surface area (Å²) in [5.74, 6) is -0.0135. The molecular weight excluding hydrogens is 264 g/mol. The van der Waals surface area contributed by atoms with E-state index in [-0.39, 0.29) is 12.0 Å². The number of ether oxygens (including phenoxy) is 1. The SMILES string of the molecule is O=C(Nc1ccc(N2CCCCC2)cc1)C1CCCCO1. The molecule has 1 N–H and O–H groups in total. The van der Waals surface area contributed by atoms with Gasteiger partial charge in [0.05, 0.1) is 0 Å². The van der Waals surface area contributed by atoms with Crippen molar-refractivity contribution in [1.29, 1.82) is 0 Å². The van der Waals surface area contributed by atoms with Crippen LogP contribution in [0.3, 0.4) is 0 Å². The lowest BCUT2D eigenvalue weighted by Crippen LogP contribution is -2.33. The first kappa shape index (κ1) is 14.4. The molecule has 114 valence electrons. The molecule has 0 radical (unpaired) electrons. The lowest BCUT2D eigenvalue weighted by atomic mass is 10.1. The molecule has 0 aliphatic carbocycles. The number of benzene rings is 1. The molecule has 4 nitrogen and oxygen atoms in total. The monoisotopic (exact) mass is 288 g/mol. The van der Waals surface area contributed by atoms with Gasteiger partial charge in [0.1, 0.15) is 6.10 Å². The molecule has 0 bridgehead atoms. The van der Waals surface area contributed by atoms with Crippen molar-refractivity contribution in [3.8, 4) is 0 Å². The first-order chi connectivity index (χ1) is 10.3. The number of nitrogens with zero attached hydrogens (tertiary/aromatic N) is 1. The Morgan fingerprint density at radius 3 is 2.48 bits per heavy atom. The van der Waals surface area contributed by atoms with Gasteiger partial charge in [0.2, 0.25) is 0 Å². The van der Waals surface area contributed by atoms with Crippen molar-refractivity contribution in [3.05, 3.63) is 24.3 Å². The molecule has 1 aromatic carbocycles. The Balaban J connectivity index is 1.57. The summed E-state index contributed by atoms with van der Waals surface area (Å²) in [6, 6.07) is 8.18. The van der Waals surface area contributed by atoms with Gasteiger partial charge >= 0.3 is 0 Å². The van der Waals surface area contributed by atoms with Gasteiger partial charge in [0, 0.05) is 31.1 Å². The highest BCUT2D eigenvalue weighted by Gasteiger charge is 2.21. The van der Waals surface area contributed by atoms with E-state index in [2.05, 4.69) is 22.3 Å². The van der Waals surface area contributed by atoms with Crippen LogP contribution < -0.4 is 10.2 Å². The third-order valence-electron chi connectivity index (χ3n) is 4.33. The van der Waals surface area contributed by atoms with Gasteiger partial charge in [0.15, 0.2) is 0 Å². The van der Waals surface area contributed by atoms with Crippen LogP contribution in [0.4, 0.5) is 11.4 Å². The largest absolute Gasteiger partial charge is 0.372 e. The molecule has 1 unspecified atom stereocenters. The molecule has 4 heteroatoms. The number of amides is 1. The van der Waals surface area contributed by atoms with E-state index in [0.717, 1.165) is 38.0 Å². The van der Waals surface area contributed by atoms with Crippen LogP contribution in [0, 0.1) is 0 Å². The predicted octanol–water partition coefficient (Wildman–Crippen LogP) is 3.18. The molecule has 3 rings (SSSR count). The molecular formula is C17H24N2O2. The minimum absolute atomic E-state index is 0.0135. The van der Waals surface area contributed by atoms with Crippen LogP contribution in [0.15, 0.2) is 24.3 Å². The van der Waals surface area contributed by atoms with E-state index in [9.17, 15) is 4.79 Å². The Bertz CT molecular complexity index is 460. The van der Waals surface area contributed by atoms with Gasteiger partial charge in [0.25, 0.3) is 5.91 Å². The number of rotatable bonds is 3. The quantitative estimate of drug-likeness (QED) is 0.928. The summed E-state index contributed by atoms with van der Waals surface area (Å²) in [5.41, 5.74) is 2.11. The normalized spacial score (nSPS) is 22.9. The number of anilines is 2. The number of hydrogen-bond acceptors (Lipinski definition) is 3. The molecule has 21 heavy (non-hydrogen) atoms. The van der Waals surface area contributed by atoms with Crippen LogP contribution >= 0.6 is 0 Å². The standard InChI is InChI=1S/C17H24N2O2/c20-17(16-6-2-5-13-21-16)18-14-7-9-15(10-8-14)19-11-3-1-4-12-19/h7-10,16H,1-6,11-13H2,(H,18,20). The van der Waals surface area contributed by atoms with E-state index in [1.807, 2.05) is 12.1 Å². The topological polar surface area (TPSA) is 41.6 Å². The molecule has 0 saturated carbocycles. The lowest BCUT2D eigenvalue weighted by Gasteiger charge is -2.29. The Morgan fingerprint density at radius 2 is 1.81 bits per heavy atom. The second-order valence-electron chi connectivity index (χ2n) is 5.94. The molecule has 2 aliphatic rings. The predicted molar refractivity (Wildman–Crippen MR) is 84.7 cm³/mol. The van der Waals surface area contributed by atoms with Crippen molar-refractivity contribution in [1.82, 2.24) is 0 Å². The minimum Gasteiger partial charge on any atom is -0.372 e. The van der Waals surface area contributed by atoms with E-state index in [0.29, 0.717) is 6.61 Å². The van der Waals surface area contributed by atoms with Crippen LogP contribution in [-0.2, 0) is 9.53 Å². The van der Waals surface area contributed by atoms with Crippen molar-refractivity contribution in [2.45, 2.75) is 44.6 Å². The third-order valence-corrected chi connectivity index (χ3v) is 4.33. The van der Waals surface area contributed by atoms with Crippen molar-refractivity contribution in [2.75, 3.05) is 29.9 Å². The van der Waals surface area contributed by atoms with Crippen LogP contribution in [0.25, 0.3) is 0 Å². The van der Waals surface area contributed by atoms with Crippen LogP contribution in [-0.4, -0.2) is 31.7 Å². The van der Waals surface area contributed by atoms with Crippen LogP contribution in [0.2, 0.25) is 0 Å². The number of carbonyl (C=O) groups excluding carboxylic acids is 1. The first-order valence-corrected chi connectivity index (χ1v) is 8.10. The maximum absolute atomic E-state index is 12.1. The van der Waals surface area contributed by atoms with Crippen molar-refractivity contribution in [3.63, 3.8) is 0 Å². The zero-order valence-electron chi connectivity index (χ0n) is 12.5. The summed E-state index contributed by atoms with van der Waals surface area (Å²) in [7, 11) is 0. The molecule has 0 spiro atoms. The summed E-state index contributed by atoms with van der Waals surface area (Å²) in [6.45, 7) is 2.98. The average Bonchev–Trinajstić information content (AvgIpc) is 2.57. The van der Waals surface area contributed by atoms with Gasteiger partial charge in [-0.2, -0.15) is 0 Å². The molecule has 1 amide bonds. The average molecular weight is 288 g/mol. The Morgan fingerprint density at radius 1 is 1.05 bits per heavy atom. The number of carbonyl (C=O) groups is 1. The molecule has 1 atom stereocenters. The second kappa shape index (κ2) is 6.94. The van der Waals surface area contributed by atoms with E-state index < -0.39 is 0 Å². The number of nitrogens with one attached hydrogen (secondary N) is 1. The second-order valence-corrected chi connectivity index (χ2v) is 5.94. The summed E-state index contributed by atoms with van der Waals surface area (Å²) < 4.78 is 5.51.